The summed E-state index contributed by atoms with van der Waals surface area (Å²) >= 11 is 0. The lowest BCUT2D eigenvalue weighted by Crippen LogP contribution is -2.03. The molecular formula is C14H19NO2. The number of para-hydroxylation sites is 1. The van der Waals surface area contributed by atoms with E-state index in [1.54, 1.807) is 0 Å². The number of hydrogen-bond donors (Lipinski definition) is 1. The highest BCUT2D eigenvalue weighted by Crippen LogP contribution is 2.30. The first-order chi connectivity index (χ1) is 8.33. The summed E-state index contributed by atoms with van der Waals surface area (Å²) in [6.45, 7) is 1.41. The van der Waals surface area contributed by atoms with Gasteiger partial charge in [0.05, 0.1) is 12.2 Å². The minimum absolute atomic E-state index is 0.195. The molecule has 0 atom stereocenters. The summed E-state index contributed by atoms with van der Waals surface area (Å²) in [5, 5.41) is 0. The fourth-order valence-electron chi connectivity index (χ4n) is 2.18. The maximum Gasteiger partial charge on any atom is 0.166 e. The number of ether oxygens (including phenoxy) is 1. The normalized spacial score (nSPS) is 13.2. The van der Waals surface area contributed by atoms with Crippen LogP contribution in [0.1, 0.15) is 41.6 Å². The first-order valence-corrected chi connectivity index (χ1v) is 6.31. The van der Waals surface area contributed by atoms with Gasteiger partial charge in [0.15, 0.2) is 5.78 Å². The number of hydrogen-bond acceptors (Lipinski definition) is 3. The van der Waals surface area contributed by atoms with E-state index < -0.39 is 0 Å². The fraction of sp³-hybridized carbons (Fsp3) is 0.500. The van der Waals surface area contributed by atoms with Gasteiger partial charge in [-0.05, 0) is 31.0 Å². The first kappa shape index (κ1) is 12.1. The Bertz CT molecular complexity index is 401. The maximum absolute atomic E-state index is 12.1. The third-order valence-corrected chi connectivity index (χ3v) is 3.12. The molecule has 0 spiro atoms. The molecule has 17 heavy (non-hydrogen) atoms. The van der Waals surface area contributed by atoms with Gasteiger partial charge in [0, 0.05) is 12.8 Å². The van der Waals surface area contributed by atoms with Crippen LogP contribution < -0.4 is 10.5 Å². The predicted molar refractivity (Wildman–Crippen MR) is 67.5 cm³/mol. The lowest BCUT2D eigenvalue weighted by atomic mass is 10.0. The molecule has 1 heterocycles. The highest BCUT2D eigenvalue weighted by molar-refractivity contribution is 5.99. The third-order valence-electron chi connectivity index (χ3n) is 3.12. The molecule has 0 aromatic heterocycles. The monoisotopic (exact) mass is 233 g/mol. The summed E-state index contributed by atoms with van der Waals surface area (Å²) in [4.78, 5) is 12.1. The number of benzene rings is 1. The molecule has 0 unspecified atom stereocenters. The van der Waals surface area contributed by atoms with Gasteiger partial charge < -0.3 is 10.5 Å². The second kappa shape index (κ2) is 5.82. The zero-order valence-corrected chi connectivity index (χ0v) is 10.1. The molecule has 1 aliphatic heterocycles. The largest absolute Gasteiger partial charge is 0.492 e. The van der Waals surface area contributed by atoms with Crippen molar-refractivity contribution in [3.63, 3.8) is 0 Å². The Morgan fingerprint density at radius 1 is 1.29 bits per heavy atom. The standard InChI is InChI=1S/C14H19NO2/c15-9-3-1-2-7-13(16)12-6-4-5-11-8-10-17-14(11)12/h4-6H,1-3,7-10,15H2. The quantitative estimate of drug-likeness (QED) is 0.606. The maximum atomic E-state index is 12.1. The van der Waals surface area contributed by atoms with E-state index in [0.717, 1.165) is 42.6 Å². The lowest BCUT2D eigenvalue weighted by Gasteiger charge is -2.06. The zero-order valence-electron chi connectivity index (χ0n) is 10.1. The van der Waals surface area contributed by atoms with Gasteiger partial charge in [0.1, 0.15) is 5.75 Å². The fourth-order valence-corrected chi connectivity index (χ4v) is 2.18. The van der Waals surface area contributed by atoms with Gasteiger partial charge in [-0.2, -0.15) is 0 Å². The van der Waals surface area contributed by atoms with E-state index in [4.69, 9.17) is 10.5 Å². The molecule has 92 valence electrons. The average molecular weight is 233 g/mol. The number of Topliss-reactive ketones (excluding diaryl/α,β-unsaturated/α-hetero) is 1. The third kappa shape index (κ3) is 2.86. The molecule has 3 nitrogen and oxygen atoms in total. The second-order valence-electron chi connectivity index (χ2n) is 4.41. The molecule has 0 saturated heterocycles. The van der Waals surface area contributed by atoms with Crippen molar-refractivity contribution in [3.8, 4) is 5.75 Å². The van der Waals surface area contributed by atoms with Crippen molar-refractivity contribution in [2.75, 3.05) is 13.2 Å². The summed E-state index contributed by atoms with van der Waals surface area (Å²) in [5.41, 5.74) is 7.35. The van der Waals surface area contributed by atoms with Crippen molar-refractivity contribution < 1.29 is 9.53 Å². The van der Waals surface area contributed by atoms with E-state index in [-0.39, 0.29) is 5.78 Å². The summed E-state index contributed by atoms with van der Waals surface area (Å²) < 4.78 is 5.54. The molecule has 0 radical (unpaired) electrons. The summed E-state index contributed by atoms with van der Waals surface area (Å²) in [5.74, 6) is 1.01. The Hall–Kier alpha value is -1.35. The predicted octanol–water partition coefficient (Wildman–Crippen LogP) is 2.32. The van der Waals surface area contributed by atoms with E-state index in [9.17, 15) is 4.79 Å². The Morgan fingerprint density at radius 2 is 2.18 bits per heavy atom. The molecule has 1 aromatic rings. The van der Waals surface area contributed by atoms with Crippen molar-refractivity contribution in [1.82, 2.24) is 0 Å². The first-order valence-electron chi connectivity index (χ1n) is 6.31. The van der Waals surface area contributed by atoms with E-state index in [2.05, 4.69) is 0 Å². The van der Waals surface area contributed by atoms with Crippen LogP contribution in [0.3, 0.4) is 0 Å². The number of unbranched alkanes of at least 4 members (excludes halogenated alkanes) is 2. The van der Waals surface area contributed by atoms with Crippen LogP contribution in [0.4, 0.5) is 0 Å². The number of nitrogens with two attached hydrogens (primary N) is 1. The lowest BCUT2D eigenvalue weighted by molar-refractivity contribution is 0.0976. The second-order valence-corrected chi connectivity index (χ2v) is 4.41. The SMILES string of the molecule is NCCCCCC(=O)c1cccc2c1OCC2. The molecule has 0 saturated carbocycles. The molecule has 0 bridgehead atoms. The van der Waals surface area contributed by atoms with Crippen molar-refractivity contribution in [2.45, 2.75) is 32.1 Å². The smallest absolute Gasteiger partial charge is 0.166 e. The van der Waals surface area contributed by atoms with Crippen LogP contribution in [0.25, 0.3) is 0 Å². The number of ketones is 1. The van der Waals surface area contributed by atoms with Crippen LogP contribution >= 0.6 is 0 Å². The van der Waals surface area contributed by atoms with E-state index in [0.29, 0.717) is 19.6 Å². The van der Waals surface area contributed by atoms with E-state index >= 15 is 0 Å². The van der Waals surface area contributed by atoms with Crippen molar-refractivity contribution in [3.05, 3.63) is 29.3 Å². The highest BCUT2D eigenvalue weighted by atomic mass is 16.5. The molecular weight excluding hydrogens is 214 g/mol. The molecule has 3 heteroatoms. The Kier molecular flexibility index (Phi) is 4.15. The average Bonchev–Trinajstić information content (AvgIpc) is 2.82. The summed E-state index contributed by atoms with van der Waals surface area (Å²) in [7, 11) is 0. The number of carbonyl (C=O) groups is 1. The van der Waals surface area contributed by atoms with Gasteiger partial charge in [-0.3, -0.25) is 4.79 Å². The van der Waals surface area contributed by atoms with E-state index in [1.165, 1.54) is 0 Å². The summed E-state index contributed by atoms with van der Waals surface area (Å²) in [6, 6.07) is 5.85. The van der Waals surface area contributed by atoms with Gasteiger partial charge in [0.2, 0.25) is 0 Å². The van der Waals surface area contributed by atoms with Gasteiger partial charge in [-0.15, -0.1) is 0 Å². The molecule has 1 aliphatic rings. The number of carbonyl (C=O) groups excluding carboxylic acids is 1. The zero-order chi connectivity index (χ0) is 12.1. The Balaban J connectivity index is 1.97. The van der Waals surface area contributed by atoms with Crippen LogP contribution in [0.2, 0.25) is 0 Å². The summed E-state index contributed by atoms with van der Waals surface area (Å²) in [6.07, 6.45) is 4.46. The number of rotatable bonds is 6. The van der Waals surface area contributed by atoms with Crippen LogP contribution in [0, 0.1) is 0 Å². The van der Waals surface area contributed by atoms with Crippen LogP contribution in [0.5, 0.6) is 5.75 Å². The molecule has 0 fully saturated rings. The molecule has 0 amide bonds. The Labute approximate surface area is 102 Å². The van der Waals surface area contributed by atoms with Crippen molar-refractivity contribution in [2.24, 2.45) is 5.73 Å². The molecule has 2 N–H and O–H groups in total. The minimum Gasteiger partial charge on any atom is -0.492 e. The van der Waals surface area contributed by atoms with Gasteiger partial charge in [-0.25, -0.2) is 0 Å². The van der Waals surface area contributed by atoms with Crippen LogP contribution in [0.15, 0.2) is 18.2 Å². The van der Waals surface area contributed by atoms with Crippen LogP contribution in [-0.4, -0.2) is 18.9 Å². The van der Waals surface area contributed by atoms with Crippen LogP contribution in [-0.2, 0) is 6.42 Å². The molecule has 1 aromatic carbocycles. The molecule has 0 aliphatic carbocycles. The van der Waals surface area contributed by atoms with Gasteiger partial charge in [0.25, 0.3) is 0 Å². The minimum atomic E-state index is 0.195. The Morgan fingerprint density at radius 3 is 3.00 bits per heavy atom. The number of fused-ring (bicyclic) bond motifs is 1. The molecule has 2 rings (SSSR count). The van der Waals surface area contributed by atoms with Crippen molar-refractivity contribution >= 4 is 5.78 Å². The topological polar surface area (TPSA) is 52.3 Å². The van der Waals surface area contributed by atoms with E-state index in [1.807, 2.05) is 18.2 Å². The highest BCUT2D eigenvalue weighted by Gasteiger charge is 2.19. The van der Waals surface area contributed by atoms with Gasteiger partial charge >= 0.3 is 0 Å². The van der Waals surface area contributed by atoms with Gasteiger partial charge in [-0.1, -0.05) is 18.6 Å². The van der Waals surface area contributed by atoms with Crippen molar-refractivity contribution in [1.29, 1.82) is 0 Å².